The molecule has 0 aliphatic heterocycles. The molecule has 1 rings (SSSR count). The summed E-state index contributed by atoms with van der Waals surface area (Å²) in [5, 5.41) is 19.9. The van der Waals surface area contributed by atoms with Crippen LogP contribution in [0.25, 0.3) is 0 Å². The molecule has 0 unspecified atom stereocenters. The quantitative estimate of drug-likeness (QED) is 0.422. The summed E-state index contributed by atoms with van der Waals surface area (Å²) in [7, 11) is 0. The van der Waals surface area contributed by atoms with Gasteiger partial charge in [-0.3, -0.25) is 10.8 Å². The molecule has 19 heavy (non-hydrogen) atoms. The van der Waals surface area contributed by atoms with Gasteiger partial charge in [-0.1, -0.05) is 18.5 Å². The number of nitrogens with zero attached hydrogens (tertiary/aromatic N) is 2. The van der Waals surface area contributed by atoms with Crippen LogP contribution in [-0.4, -0.2) is 18.2 Å². The summed E-state index contributed by atoms with van der Waals surface area (Å²) < 4.78 is 5.42. The van der Waals surface area contributed by atoms with Crippen molar-refractivity contribution in [1.29, 1.82) is 10.7 Å². The van der Waals surface area contributed by atoms with Gasteiger partial charge in [0.2, 0.25) is 5.71 Å². The molecule has 0 aliphatic carbocycles. The molecule has 7 heteroatoms. The molecule has 0 saturated heterocycles. The third-order valence-electron chi connectivity index (χ3n) is 2.05. The highest BCUT2D eigenvalue weighted by molar-refractivity contribution is 6.45. The number of nitriles is 1. The highest BCUT2D eigenvalue weighted by Crippen LogP contribution is 2.27. The van der Waals surface area contributed by atoms with Crippen molar-refractivity contribution in [2.24, 2.45) is 10.8 Å². The molecule has 4 N–H and O–H groups in total. The molecule has 0 radical (unpaired) electrons. The zero-order valence-electron chi connectivity index (χ0n) is 10.4. The van der Waals surface area contributed by atoms with Gasteiger partial charge in [0.1, 0.15) is 11.8 Å². The lowest BCUT2D eigenvalue weighted by molar-refractivity contribution is 0.317. The SMILES string of the molecule is CCCOc1ccc(N/N=C(\C#N)C(=N)N)cc1Cl. The number of benzene rings is 1. The zero-order chi connectivity index (χ0) is 14.3. The van der Waals surface area contributed by atoms with Gasteiger partial charge in [-0.25, -0.2) is 0 Å². The van der Waals surface area contributed by atoms with E-state index in [4.69, 9.17) is 32.7 Å². The van der Waals surface area contributed by atoms with Crippen LogP contribution < -0.4 is 15.9 Å². The maximum Gasteiger partial charge on any atom is 0.201 e. The van der Waals surface area contributed by atoms with E-state index in [0.29, 0.717) is 23.1 Å². The van der Waals surface area contributed by atoms with Gasteiger partial charge in [-0.15, -0.1) is 0 Å². The van der Waals surface area contributed by atoms with Crippen molar-refractivity contribution in [3.8, 4) is 11.8 Å². The second-order valence-electron chi connectivity index (χ2n) is 3.59. The predicted octanol–water partition coefficient (Wildman–Crippen LogP) is 2.36. The van der Waals surface area contributed by atoms with Crippen LogP contribution in [0.5, 0.6) is 5.75 Å². The van der Waals surface area contributed by atoms with Crippen LogP contribution in [0.1, 0.15) is 13.3 Å². The second-order valence-corrected chi connectivity index (χ2v) is 4.00. The Balaban J connectivity index is 2.79. The van der Waals surface area contributed by atoms with Gasteiger partial charge in [0, 0.05) is 0 Å². The molecule has 1 aromatic carbocycles. The lowest BCUT2D eigenvalue weighted by Crippen LogP contribution is -2.21. The van der Waals surface area contributed by atoms with Gasteiger partial charge in [-0.05, 0) is 24.6 Å². The number of rotatable bonds is 6. The molecule has 0 spiro atoms. The normalized spacial score (nSPS) is 10.7. The first-order chi connectivity index (χ1) is 9.08. The van der Waals surface area contributed by atoms with E-state index in [1.807, 2.05) is 6.92 Å². The number of hydrogen-bond acceptors (Lipinski definition) is 5. The number of nitrogens with two attached hydrogens (primary N) is 1. The molecule has 0 aliphatic rings. The molecule has 0 amide bonds. The molecule has 0 atom stereocenters. The predicted molar refractivity (Wildman–Crippen MR) is 75.8 cm³/mol. The summed E-state index contributed by atoms with van der Waals surface area (Å²) in [4.78, 5) is 0. The number of amidine groups is 1. The minimum Gasteiger partial charge on any atom is -0.492 e. The molecule has 0 heterocycles. The van der Waals surface area contributed by atoms with Crippen molar-refractivity contribution in [3.63, 3.8) is 0 Å². The first kappa shape index (κ1) is 14.8. The first-order valence-corrected chi connectivity index (χ1v) is 5.96. The van der Waals surface area contributed by atoms with Crippen LogP contribution in [0.2, 0.25) is 5.02 Å². The van der Waals surface area contributed by atoms with Crippen LogP contribution in [0.4, 0.5) is 5.69 Å². The maximum atomic E-state index is 8.68. The summed E-state index contributed by atoms with van der Waals surface area (Å²) in [6.45, 7) is 2.59. The van der Waals surface area contributed by atoms with E-state index in [0.717, 1.165) is 6.42 Å². The summed E-state index contributed by atoms with van der Waals surface area (Å²) in [5.41, 5.74) is 8.15. The first-order valence-electron chi connectivity index (χ1n) is 5.59. The molecule has 0 aromatic heterocycles. The Labute approximate surface area is 116 Å². The number of ether oxygens (including phenoxy) is 1. The van der Waals surface area contributed by atoms with Gasteiger partial charge in [0.15, 0.2) is 5.84 Å². The topological polar surface area (TPSA) is 107 Å². The average molecular weight is 280 g/mol. The Morgan fingerprint density at radius 2 is 2.37 bits per heavy atom. The average Bonchev–Trinajstić information content (AvgIpc) is 2.38. The van der Waals surface area contributed by atoms with E-state index in [2.05, 4.69) is 10.5 Å². The fourth-order valence-corrected chi connectivity index (χ4v) is 1.40. The highest BCUT2D eigenvalue weighted by Gasteiger charge is 2.04. The van der Waals surface area contributed by atoms with Crippen molar-refractivity contribution in [3.05, 3.63) is 23.2 Å². The van der Waals surface area contributed by atoms with Crippen LogP contribution in [0, 0.1) is 16.7 Å². The summed E-state index contributed by atoms with van der Waals surface area (Å²) in [6, 6.07) is 6.73. The monoisotopic (exact) mass is 279 g/mol. The van der Waals surface area contributed by atoms with Crippen LogP contribution >= 0.6 is 11.6 Å². The largest absolute Gasteiger partial charge is 0.492 e. The van der Waals surface area contributed by atoms with Crippen LogP contribution in [0.15, 0.2) is 23.3 Å². The van der Waals surface area contributed by atoms with E-state index in [1.54, 1.807) is 24.3 Å². The Morgan fingerprint density at radius 3 is 2.89 bits per heavy atom. The lowest BCUT2D eigenvalue weighted by atomic mass is 10.3. The Hall–Kier alpha value is -2.26. The van der Waals surface area contributed by atoms with Gasteiger partial charge in [0.05, 0.1) is 17.3 Å². The molecular weight excluding hydrogens is 266 g/mol. The molecule has 1 aromatic rings. The minimum absolute atomic E-state index is 0.192. The molecule has 100 valence electrons. The smallest absolute Gasteiger partial charge is 0.201 e. The zero-order valence-corrected chi connectivity index (χ0v) is 11.2. The summed E-state index contributed by atoms with van der Waals surface area (Å²) >= 11 is 6.03. The number of nitrogens with one attached hydrogen (secondary N) is 2. The number of hydrogen-bond donors (Lipinski definition) is 3. The molecule has 0 fully saturated rings. The van der Waals surface area contributed by atoms with E-state index < -0.39 is 5.84 Å². The third-order valence-corrected chi connectivity index (χ3v) is 2.35. The fraction of sp³-hybridized carbons (Fsp3) is 0.250. The third kappa shape index (κ3) is 4.48. The van der Waals surface area contributed by atoms with Gasteiger partial charge in [0.25, 0.3) is 0 Å². The molecular formula is C12H14ClN5O. The molecule has 6 nitrogen and oxygen atoms in total. The van der Waals surface area contributed by atoms with Crippen molar-refractivity contribution in [2.45, 2.75) is 13.3 Å². The molecule has 0 bridgehead atoms. The van der Waals surface area contributed by atoms with E-state index in [-0.39, 0.29) is 5.71 Å². The summed E-state index contributed by atoms with van der Waals surface area (Å²) in [6.07, 6.45) is 0.894. The molecule has 0 saturated carbocycles. The Morgan fingerprint density at radius 1 is 1.63 bits per heavy atom. The lowest BCUT2D eigenvalue weighted by Gasteiger charge is -2.08. The number of anilines is 1. The minimum atomic E-state index is -0.399. The number of hydrazone groups is 1. The van der Waals surface area contributed by atoms with E-state index in [9.17, 15) is 0 Å². The van der Waals surface area contributed by atoms with Crippen molar-refractivity contribution < 1.29 is 4.74 Å². The van der Waals surface area contributed by atoms with Gasteiger partial charge >= 0.3 is 0 Å². The highest BCUT2D eigenvalue weighted by atomic mass is 35.5. The number of halogens is 1. The standard InChI is InChI=1S/C12H14ClN5O/c1-2-5-19-11-4-3-8(6-9(11)13)17-18-10(7-14)12(15)16/h3-4,6,17H,2,5H2,1H3,(H3,15,16)/b18-10+. The van der Waals surface area contributed by atoms with Crippen LogP contribution in [0.3, 0.4) is 0 Å². The Kier molecular flexibility index (Phi) is 5.64. The Bertz CT molecular complexity index is 535. The van der Waals surface area contributed by atoms with Gasteiger partial charge in [-0.2, -0.15) is 10.4 Å². The second kappa shape index (κ2) is 7.24. The van der Waals surface area contributed by atoms with E-state index >= 15 is 0 Å². The van der Waals surface area contributed by atoms with Crippen molar-refractivity contribution in [2.75, 3.05) is 12.0 Å². The van der Waals surface area contributed by atoms with Crippen molar-refractivity contribution >= 4 is 28.8 Å². The van der Waals surface area contributed by atoms with Gasteiger partial charge < -0.3 is 10.5 Å². The van der Waals surface area contributed by atoms with Crippen molar-refractivity contribution in [1.82, 2.24) is 0 Å². The summed E-state index contributed by atoms with van der Waals surface area (Å²) in [5.74, 6) is 0.189. The fourth-order valence-electron chi connectivity index (χ4n) is 1.17. The van der Waals surface area contributed by atoms with Crippen LogP contribution in [-0.2, 0) is 0 Å². The maximum absolute atomic E-state index is 8.68. The van der Waals surface area contributed by atoms with E-state index in [1.165, 1.54) is 0 Å².